The van der Waals surface area contributed by atoms with Crippen molar-refractivity contribution < 1.29 is 14.6 Å². The van der Waals surface area contributed by atoms with Crippen LogP contribution in [0.1, 0.15) is 46.4 Å². The van der Waals surface area contributed by atoms with E-state index in [0.29, 0.717) is 12.4 Å². The van der Waals surface area contributed by atoms with Crippen LogP contribution in [-0.2, 0) is 13.0 Å². The molecule has 0 saturated heterocycles. The van der Waals surface area contributed by atoms with E-state index in [0.717, 1.165) is 42.2 Å². The van der Waals surface area contributed by atoms with Gasteiger partial charge in [-0.2, -0.15) is 0 Å². The molecule has 1 unspecified atom stereocenters. The molecule has 1 aromatic heterocycles. The number of thiophene rings is 1. The highest BCUT2D eigenvalue weighted by Crippen LogP contribution is 2.41. The van der Waals surface area contributed by atoms with E-state index in [9.17, 15) is 9.90 Å². The van der Waals surface area contributed by atoms with Crippen LogP contribution < -0.4 is 15.4 Å². The standard InChI is InChI=1S/C19H23N3O3S/c1-3-22-8-7-12-15(10-22)26-19-16(12)18(24)20-17(21-19)11-5-6-13(23)14(9-11)25-4-2/h5-6,9,17,21,23H,3-4,7-8,10H2,1-2H3,(H,20,24). The molecule has 6 nitrogen and oxygen atoms in total. The normalized spacial score (nSPS) is 19.3. The molecule has 0 saturated carbocycles. The Morgan fingerprint density at radius 1 is 1.35 bits per heavy atom. The molecule has 3 N–H and O–H groups in total. The number of ether oxygens (including phenoxy) is 1. The molecule has 138 valence electrons. The number of aromatic hydroxyl groups is 1. The second kappa shape index (κ2) is 6.81. The first-order valence-corrected chi connectivity index (χ1v) is 9.82. The van der Waals surface area contributed by atoms with Gasteiger partial charge in [-0.3, -0.25) is 9.69 Å². The van der Waals surface area contributed by atoms with E-state index in [1.165, 1.54) is 10.4 Å². The van der Waals surface area contributed by atoms with E-state index in [-0.39, 0.29) is 17.8 Å². The van der Waals surface area contributed by atoms with Gasteiger partial charge in [0.15, 0.2) is 11.5 Å². The SMILES string of the molecule is CCOc1cc(C2NC(=O)c3c(sc4c3CCN(CC)C4)N2)ccc1O. The number of benzene rings is 1. The fourth-order valence-electron chi connectivity index (χ4n) is 3.59. The summed E-state index contributed by atoms with van der Waals surface area (Å²) in [5.74, 6) is 0.498. The van der Waals surface area contributed by atoms with Gasteiger partial charge in [0, 0.05) is 18.0 Å². The summed E-state index contributed by atoms with van der Waals surface area (Å²) in [5, 5.41) is 17.3. The van der Waals surface area contributed by atoms with Crippen molar-refractivity contribution in [1.82, 2.24) is 10.2 Å². The number of nitrogens with one attached hydrogen (secondary N) is 2. The van der Waals surface area contributed by atoms with Crippen LogP contribution in [0.15, 0.2) is 18.2 Å². The third-order valence-electron chi connectivity index (χ3n) is 4.98. The van der Waals surface area contributed by atoms with Gasteiger partial charge in [-0.15, -0.1) is 11.3 Å². The summed E-state index contributed by atoms with van der Waals surface area (Å²) in [6, 6.07) is 5.17. The zero-order chi connectivity index (χ0) is 18.3. The molecule has 0 aliphatic carbocycles. The highest BCUT2D eigenvalue weighted by Gasteiger charge is 2.33. The second-order valence-electron chi connectivity index (χ2n) is 6.54. The molecule has 2 aromatic rings. The van der Waals surface area contributed by atoms with Gasteiger partial charge in [0.05, 0.1) is 12.2 Å². The number of fused-ring (bicyclic) bond motifs is 3. The molecule has 4 rings (SSSR count). The minimum atomic E-state index is -0.336. The van der Waals surface area contributed by atoms with Crippen molar-refractivity contribution in [2.24, 2.45) is 0 Å². The highest BCUT2D eigenvalue weighted by atomic mass is 32.1. The lowest BCUT2D eigenvalue weighted by Crippen LogP contribution is -2.38. The van der Waals surface area contributed by atoms with Crippen LogP contribution in [0.2, 0.25) is 0 Å². The van der Waals surface area contributed by atoms with Gasteiger partial charge >= 0.3 is 0 Å². The molecule has 1 aromatic carbocycles. The van der Waals surface area contributed by atoms with Crippen LogP contribution in [0, 0.1) is 0 Å². The number of carbonyl (C=O) groups is 1. The predicted molar refractivity (Wildman–Crippen MR) is 102 cm³/mol. The van der Waals surface area contributed by atoms with E-state index < -0.39 is 0 Å². The number of nitrogens with zero attached hydrogens (tertiary/aromatic N) is 1. The average molecular weight is 373 g/mol. The van der Waals surface area contributed by atoms with Crippen molar-refractivity contribution in [2.75, 3.05) is 25.0 Å². The van der Waals surface area contributed by atoms with Crippen LogP contribution in [-0.4, -0.2) is 35.6 Å². The third kappa shape index (κ3) is 2.91. The third-order valence-corrected chi connectivity index (χ3v) is 6.13. The minimum Gasteiger partial charge on any atom is -0.504 e. The summed E-state index contributed by atoms with van der Waals surface area (Å²) in [6.07, 6.45) is 0.583. The molecule has 0 bridgehead atoms. The zero-order valence-electron chi connectivity index (χ0n) is 15.0. The Hall–Kier alpha value is -2.25. The van der Waals surface area contributed by atoms with Gasteiger partial charge in [0.1, 0.15) is 11.2 Å². The predicted octanol–water partition coefficient (Wildman–Crippen LogP) is 3.08. The number of amides is 1. The van der Waals surface area contributed by atoms with Gasteiger partial charge in [0.2, 0.25) is 0 Å². The lowest BCUT2D eigenvalue weighted by atomic mass is 10.0. The summed E-state index contributed by atoms with van der Waals surface area (Å²) in [7, 11) is 0. The Morgan fingerprint density at radius 3 is 2.96 bits per heavy atom. The van der Waals surface area contributed by atoms with Crippen molar-refractivity contribution in [2.45, 2.75) is 33.0 Å². The lowest BCUT2D eigenvalue weighted by Gasteiger charge is -2.28. The molecule has 1 atom stereocenters. The maximum Gasteiger partial charge on any atom is 0.256 e. The summed E-state index contributed by atoms with van der Waals surface area (Å²) in [4.78, 5) is 16.5. The molecule has 7 heteroatoms. The van der Waals surface area contributed by atoms with Gasteiger partial charge in [-0.25, -0.2) is 0 Å². The number of phenols is 1. The zero-order valence-corrected chi connectivity index (χ0v) is 15.8. The number of phenolic OH excluding ortho intramolecular Hbond substituents is 1. The Morgan fingerprint density at radius 2 is 2.19 bits per heavy atom. The number of rotatable bonds is 4. The maximum atomic E-state index is 12.8. The summed E-state index contributed by atoms with van der Waals surface area (Å²) < 4.78 is 5.46. The maximum absolute atomic E-state index is 12.8. The smallest absolute Gasteiger partial charge is 0.256 e. The van der Waals surface area contributed by atoms with Crippen LogP contribution in [0.4, 0.5) is 5.00 Å². The first-order chi connectivity index (χ1) is 12.6. The molecule has 1 amide bonds. The molecule has 2 aliphatic rings. The molecular weight excluding hydrogens is 350 g/mol. The molecule has 26 heavy (non-hydrogen) atoms. The fraction of sp³-hybridized carbons (Fsp3) is 0.421. The second-order valence-corrected chi connectivity index (χ2v) is 7.64. The molecule has 0 radical (unpaired) electrons. The monoisotopic (exact) mass is 373 g/mol. The quantitative estimate of drug-likeness (QED) is 0.768. The number of anilines is 1. The van der Waals surface area contributed by atoms with Crippen LogP contribution in [0.3, 0.4) is 0 Å². The number of hydrogen-bond donors (Lipinski definition) is 3. The summed E-state index contributed by atoms with van der Waals surface area (Å²) in [5.41, 5.74) is 2.85. The number of hydrogen-bond acceptors (Lipinski definition) is 6. The van der Waals surface area contributed by atoms with E-state index in [1.54, 1.807) is 29.5 Å². The average Bonchev–Trinajstić information content (AvgIpc) is 3.01. The lowest BCUT2D eigenvalue weighted by molar-refractivity contribution is 0.0934. The van der Waals surface area contributed by atoms with Crippen molar-refractivity contribution in [1.29, 1.82) is 0 Å². The van der Waals surface area contributed by atoms with Crippen molar-refractivity contribution in [3.05, 3.63) is 39.8 Å². The first kappa shape index (κ1) is 17.2. The largest absolute Gasteiger partial charge is 0.504 e. The number of likely N-dealkylation sites (N-methyl/N-ethyl adjacent to an activating group) is 1. The Kier molecular flexibility index (Phi) is 4.50. The summed E-state index contributed by atoms with van der Waals surface area (Å²) >= 11 is 1.68. The molecular formula is C19H23N3O3S. The topological polar surface area (TPSA) is 73.8 Å². The van der Waals surface area contributed by atoms with Crippen molar-refractivity contribution in [3.63, 3.8) is 0 Å². The summed E-state index contributed by atoms with van der Waals surface area (Å²) in [6.45, 7) is 7.44. The number of carbonyl (C=O) groups excluding carboxylic acids is 1. The van der Waals surface area contributed by atoms with Gasteiger partial charge < -0.3 is 20.5 Å². The van der Waals surface area contributed by atoms with Gasteiger partial charge in [0.25, 0.3) is 5.91 Å². The van der Waals surface area contributed by atoms with Crippen LogP contribution in [0.25, 0.3) is 0 Å². The Balaban J connectivity index is 1.64. The Labute approximate surface area is 156 Å². The van der Waals surface area contributed by atoms with E-state index >= 15 is 0 Å². The molecule has 0 spiro atoms. The molecule has 2 aliphatic heterocycles. The van der Waals surface area contributed by atoms with E-state index in [2.05, 4.69) is 22.5 Å². The molecule has 0 fully saturated rings. The highest BCUT2D eigenvalue weighted by molar-refractivity contribution is 7.16. The van der Waals surface area contributed by atoms with Gasteiger partial charge in [-0.1, -0.05) is 13.0 Å². The van der Waals surface area contributed by atoms with Crippen LogP contribution >= 0.6 is 11.3 Å². The van der Waals surface area contributed by atoms with Gasteiger partial charge in [-0.05, 0) is 43.1 Å². The fourth-order valence-corrected chi connectivity index (χ4v) is 4.90. The van der Waals surface area contributed by atoms with Crippen molar-refractivity contribution >= 4 is 22.2 Å². The minimum absolute atomic E-state index is 0.0303. The van der Waals surface area contributed by atoms with E-state index in [1.807, 2.05) is 6.92 Å². The molecule has 3 heterocycles. The first-order valence-electron chi connectivity index (χ1n) is 9.00. The Bertz CT molecular complexity index is 849. The van der Waals surface area contributed by atoms with Crippen molar-refractivity contribution in [3.8, 4) is 11.5 Å². The van der Waals surface area contributed by atoms with E-state index in [4.69, 9.17) is 4.74 Å². The van der Waals surface area contributed by atoms with Crippen LogP contribution in [0.5, 0.6) is 11.5 Å².